The Morgan fingerprint density at radius 1 is 1.35 bits per heavy atom. The zero-order valence-electron chi connectivity index (χ0n) is 13.4. The molecule has 0 saturated carbocycles. The summed E-state index contributed by atoms with van der Waals surface area (Å²) in [5.74, 6) is -0.0545. The Hall–Kier alpha value is -0.690. The van der Waals surface area contributed by atoms with Gasteiger partial charge in [-0.15, -0.1) is 0 Å². The highest BCUT2D eigenvalue weighted by molar-refractivity contribution is 14.1. The van der Waals surface area contributed by atoms with Crippen LogP contribution in [0.2, 0.25) is 0 Å². The zero-order valence-corrected chi connectivity index (χ0v) is 15.5. The van der Waals surface area contributed by atoms with E-state index in [0.29, 0.717) is 12.5 Å². The van der Waals surface area contributed by atoms with Crippen molar-refractivity contribution in [1.82, 2.24) is 4.90 Å². The maximum absolute atomic E-state index is 12.6. The molecule has 126 valence electrons. The summed E-state index contributed by atoms with van der Waals surface area (Å²) in [4.78, 5) is 14.9. The third-order valence-corrected chi connectivity index (χ3v) is 6.11. The minimum atomic E-state index is -0.292. The van der Waals surface area contributed by atoms with Gasteiger partial charge in [-0.2, -0.15) is 0 Å². The molecule has 0 aromatic heterocycles. The fourth-order valence-corrected chi connectivity index (χ4v) is 4.77. The van der Waals surface area contributed by atoms with Crippen molar-refractivity contribution in [1.29, 1.82) is 0 Å². The second-order valence-electron chi connectivity index (χ2n) is 6.52. The van der Waals surface area contributed by atoms with E-state index in [2.05, 4.69) is 51.8 Å². The third kappa shape index (κ3) is 3.40. The Bertz CT molecular complexity index is 550. The maximum Gasteiger partial charge on any atom is 0.310 e. The van der Waals surface area contributed by atoms with Crippen LogP contribution in [0.4, 0.5) is 4.39 Å². The number of nitrogens with zero attached hydrogens (tertiary/aromatic N) is 1. The van der Waals surface area contributed by atoms with Crippen molar-refractivity contribution in [3.05, 3.63) is 33.4 Å². The van der Waals surface area contributed by atoms with Crippen LogP contribution in [0.1, 0.15) is 37.2 Å². The van der Waals surface area contributed by atoms with Crippen LogP contribution in [0, 0.1) is 9.49 Å². The molecule has 0 unspecified atom stereocenters. The monoisotopic (exact) mass is 427 g/mol. The predicted molar refractivity (Wildman–Crippen MR) is 96.1 cm³/mol. The van der Waals surface area contributed by atoms with E-state index in [-0.39, 0.29) is 30.5 Å². The van der Waals surface area contributed by atoms with Crippen LogP contribution in [-0.4, -0.2) is 43.3 Å². The van der Waals surface area contributed by atoms with E-state index in [1.165, 1.54) is 16.2 Å². The highest BCUT2D eigenvalue weighted by Gasteiger charge is 2.50. The van der Waals surface area contributed by atoms with Crippen LogP contribution in [-0.2, 0) is 9.53 Å². The van der Waals surface area contributed by atoms with Gasteiger partial charge in [-0.3, -0.25) is 14.1 Å². The Morgan fingerprint density at radius 2 is 2.09 bits per heavy atom. The first-order valence-corrected chi connectivity index (χ1v) is 9.38. The van der Waals surface area contributed by atoms with Gasteiger partial charge in [-0.25, -0.2) is 0 Å². The van der Waals surface area contributed by atoms with Crippen molar-refractivity contribution in [2.75, 3.05) is 20.3 Å². The molecule has 1 aromatic rings. The molecule has 3 nitrogen and oxygen atoms in total. The second-order valence-corrected chi connectivity index (χ2v) is 7.77. The summed E-state index contributed by atoms with van der Waals surface area (Å²) in [6.45, 7) is 0.456. The lowest BCUT2D eigenvalue weighted by Crippen LogP contribution is -2.51. The minimum Gasteiger partial charge on any atom is -0.469 e. The SMILES string of the molecule is COC(=O)[C@H]1[C@@H](c2ccc([123I])cc2)C[C@@H]2CC[C@H]1N2CCCF. The summed E-state index contributed by atoms with van der Waals surface area (Å²) in [5.41, 5.74) is 1.22. The average Bonchev–Trinajstić information content (AvgIpc) is 2.84. The fraction of sp³-hybridized carbons (Fsp3) is 0.611. The van der Waals surface area contributed by atoms with Crippen LogP contribution < -0.4 is 0 Å². The number of fused-ring (bicyclic) bond motifs is 2. The summed E-state index contributed by atoms with van der Waals surface area (Å²) < 4.78 is 18.9. The first-order valence-electron chi connectivity index (χ1n) is 8.30. The first kappa shape index (κ1) is 17.1. The van der Waals surface area contributed by atoms with Crippen molar-refractivity contribution in [3.63, 3.8) is 0 Å². The number of rotatable bonds is 5. The molecule has 0 radical (unpaired) electrons. The number of ether oxygens (including phenoxy) is 1. The van der Waals surface area contributed by atoms with Crippen LogP contribution in [0.25, 0.3) is 0 Å². The topological polar surface area (TPSA) is 29.5 Å². The molecule has 23 heavy (non-hydrogen) atoms. The van der Waals surface area contributed by atoms with Gasteiger partial charge in [0.1, 0.15) is 0 Å². The standard InChI is InChI=1S/C18H23FINO2/c1-23-18(22)17-15(12-3-5-13(20)6-4-12)11-14-7-8-16(17)21(14)10-2-9-19/h3-6,14-17H,2,7-11H2,1H3/t14-,15+,16+,17-/m0/s1/i20-4. The lowest BCUT2D eigenvalue weighted by atomic mass is 9.76. The number of benzene rings is 1. The smallest absolute Gasteiger partial charge is 0.310 e. The number of piperidine rings is 1. The van der Waals surface area contributed by atoms with Gasteiger partial charge in [0.25, 0.3) is 0 Å². The van der Waals surface area contributed by atoms with E-state index < -0.39 is 0 Å². The molecule has 2 saturated heterocycles. The summed E-state index contributed by atoms with van der Waals surface area (Å²) in [7, 11) is 1.47. The lowest BCUT2D eigenvalue weighted by molar-refractivity contribution is -0.150. The molecular formula is C18H23FINO2. The summed E-state index contributed by atoms with van der Waals surface area (Å²) in [6.07, 6.45) is 3.63. The van der Waals surface area contributed by atoms with Gasteiger partial charge in [0, 0.05) is 28.1 Å². The maximum atomic E-state index is 12.6. The van der Waals surface area contributed by atoms with E-state index in [9.17, 15) is 9.18 Å². The van der Waals surface area contributed by atoms with Gasteiger partial charge in [0.15, 0.2) is 0 Å². The normalized spacial score (nSPS) is 30.4. The number of carbonyl (C=O) groups is 1. The fourth-order valence-electron chi connectivity index (χ4n) is 4.41. The van der Waals surface area contributed by atoms with Gasteiger partial charge < -0.3 is 4.74 Å². The number of methoxy groups -OCH3 is 1. The molecule has 3 rings (SSSR count). The van der Waals surface area contributed by atoms with E-state index in [1.807, 2.05) is 0 Å². The Labute approximate surface area is 150 Å². The quantitative estimate of drug-likeness (QED) is 0.530. The second kappa shape index (κ2) is 7.47. The van der Waals surface area contributed by atoms with E-state index in [4.69, 9.17) is 4.74 Å². The molecule has 2 heterocycles. The number of carbonyl (C=O) groups excluding carboxylic acids is 1. The molecule has 0 spiro atoms. The number of esters is 1. The summed E-state index contributed by atoms with van der Waals surface area (Å²) >= 11 is 2.30. The Balaban J connectivity index is 1.88. The van der Waals surface area contributed by atoms with Gasteiger partial charge in [0.05, 0.1) is 19.7 Å². The predicted octanol–water partition coefficient (Wildman–Crippen LogP) is 3.76. The minimum absolute atomic E-state index is 0.121. The Kier molecular flexibility index (Phi) is 5.57. The molecule has 2 aliphatic rings. The lowest BCUT2D eigenvalue weighted by Gasteiger charge is -2.43. The molecule has 2 bridgehead atoms. The first-order chi connectivity index (χ1) is 11.2. The van der Waals surface area contributed by atoms with Crippen molar-refractivity contribution in [2.24, 2.45) is 5.92 Å². The molecule has 4 atom stereocenters. The van der Waals surface area contributed by atoms with Gasteiger partial charge >= 0.3 is 5.97 Å². The van der Waals surface area contributed by atoms with Crippen molar-refractivity contribution in [2.45, 2.75) is 43.7 Å². The average molecular weight is 427 g/mol. The molecule has 2 aliphatic heterocycles. The third-order valence-electron chi connectivity index (χ3n) is 5.39. The molecule has 0 N–H and O–H groups in total. The number of alkyl halides is 1. The summed E-state index contributed by atoms with van der Waals surface area (Å²) in [5, 5.41) is 0. The molecule has 1 aromatic carbocycles. The molecular weight excluding hydrogens is 404 g/mol. The molecule has 0 aliphatic carbocycles. The molecule has 0 amide bonds. The van der Waals surface area contributed by atoms with Crippen molar-refractivity contribution < 1.29 is 13.9 Å². The van der Waals surface area contributed by atoms with Crippen LogP contribution in [0.5, 0.6) is 0 Å². The number of hydrogen-bond acceptors (Lipinski definition) is 3. The highest BCUT2D eigenvalue weighted by atomic mass is 123. The molecule has 2 fully saturated rings. The number of hydrogen-bond donors (Lipinski definition) is 0. The van der Waals surface area contributed by atoms with Crippen molar-refractivity contribution in [3.8, 4) is 0 Å². The van der Waals surface area contributed by atoms with Crippen LogP contribution >= 0.6 is 22.6 Å². The van der Waals surface area contributed by atoms with Crippen LogP contribution in [0.15, 0.2) is 24.3 Å². The van der Waals surface area contributed by atoms with Gasteiger partial charge in [-0.1, -0.05) is 12.1 Å². The van der Waals surface area contributed by atoms with E-state index in [0.717, 1.165) is 25.8 Å². The largest absolute Gasteiger partial charge is 0.469 e. The zero-order chi connectivity index (χ0) is 16.4. The molecule has 5 heteroatoms. The van der Waals surface area contributed by atoms with E-state index >= 15 is 0 Å². The summed E-state index contributed by atoms with van der Waals surface area (Å²) in [6, 6.07) is 9.13. The van der Waals surface area contributed by atoms with Gasteiger partial charge in [0.2, 0.25) is 0 Å². The van der Waals surface area contributed by atoms with Crippen molar-refractivity contribution >= 4 is 28.6 Å². The number of halogens is 2. The van der Waals surface area contributed by atoms with Gasteiger partial charge in [-0.05, 0) is 66.0 Å². The van der Waals surface area contributed by atoms with E-state index in [1.54, 1.807) is 0 Å². The Morgan fingerprint density at radius 3 is 2.74 bits per heavy atom. The highest BCUT2D eigenvalue weighted by Crippen LogP contribution is 2.47. The van der Waals surface area contributed by atoms with Crippen LogP contribution in [0.3, 0.4) is 0 Å².